The summed E-state index contributed by atoms with van der Waals surface area (Å²) in [6, 6.07) is 10.2. The molecule has 0 atom stereocenters. The van der Waals surface area contributed by atoms with Gasteiger partial charge in [0, 0.05) is 51.3 Å². The maximum Gasteiger partial charge on any atom is 0.240 e. The first kappa shape index (κ1) is 19.8. The highest BCUT2D eigenvalue weighted by Crippen LogP contribution is 2.13. The Labute approximate surface area is 164 Å². The van der Waals surface area contributed by atoms with Crippen LogP contribution in [0.25, 0.3) is 5.69 Å². The molecule has 28 heavy (non-hydrogen) atoms. The second kappa shape index (κ2) is 8.36. The van der Waals surface area contributed by atoms with Crippen LogP contribution in [0.15, 0.2) is 53.7 Å². The van der Waals surface area contributed by atoms with Crippen LogP contribution in [0.2, 0.25) is 0 Å². The molecule has 0 aliphatic carbocycles. The van der Waals surface area contributed by atoms with Gasteiger partial charge in [-0.3, -0.25) is 0 Å². The maximum absolute atomic E-state index is 12.4. The number of sulfonamides is 1. The fourth-order valence-corrected chi connectivity index (χ4v) is 3.53. The molecule has 2 N–H and O–H groups in total. The Morgan fingerprint density at radius 2 is 1.86 bits per heavy atom. The molecule has 9 nitrogen and oxygen atoms in total. The Balaban J connectivity index is 1.57. The van der Waals surface area contributed by atoms with E-state index < -0.39 is 10.0 Å². The fourth-order valence-electron chi connectivity index (χ4n) is 2.50. The van der Waals surface area contributed by atoms with Gasteiger partial charge in [0.05, 0.1) is 10.6 Å². The summed E-state index contributed by atoms with van der Waals surface area (Å²) in [6.45, 7) is 2.45. The molecule has 3 aromatic rings. The summed E-state index contributed by atoms with van der Waals surface area (Å²) in [4.78, 5) is 10.8. The van der Waals surface area contributed by atoms with Crippen molar-refractivity contribution in [1.29, 1.82) is 0 Å². The molecule has 0 aliphatic heterocycles. The van der Waals surface area contributed by atoms with Gasteiger partial charge in [0.1, 0.15) is 5.82 Å². The molecule has 0 fully saturated rings. The van der Waals surface area contributed by atoms with Crippen LogP contribution in [-0.4, -0.2) is 55.4 Å². The minimum atomic E-state index is -3.60. The van der Waals surface area contributed by atoms with E-state index >= 15 is 0 Å². The van der Waals surface area contributed by atoms with Gasteiger partial charge in [-0.05, 0) is 37.3 Å². The minimum absolute atomic E-state index is 0.199. The second-order valence-corrected chi connectivity index (χ2v) is 8.12. The van der Waals surface area contributed by atoms with E-state index in [1.54, 1.807) is 47.4 Å². The van der Waals surface area contributed by atoms with Crippen molar-refractivity contribution in [2.24, 2.45) is 0 Å². The Morgan fingerprint density at radius 1 is 1.11 bits per heavy atom. The molecule has 0 radical (unpaired) electrons. The Morgan fingerprint density at radius 3 is 2.50 bits per heavy atom. The zero-order valence-electron chi connectivity index (χ0n) is 16.0. The topological polar surface area (TPSA) is 105 Å². The van der Waals surface area contributed by atoms with Crippen LogP contribution >= 0.6 is 0 Å². The minimum Gasteiger partial charge on any atom is -0.363 e. The van der Waals surface area contributed by atoms with Gasteiger partial charge in [-0.1, -0.05) is 0 Å². The van der Waals surface area contributed by atoms with Gasteiger partial charge in [0.2, 0.25) is 16.0 Å². The number of rotatable bonds is 8. The number of anilines is 2. The number of benzene rings is 1. The molecule has 2 heterocycles. The first-order valence-electron chi connectivity index (χ1n) is 8.72. The van der Waals surface area contributed by atoms with E-state index in [9.17, 15) is 8.42 Å². The van der Waals surface area contributed by atoms with Crippen LogP contribution in [0.3, 0.4) is 0 Å². The summed E-state index contributed by atoms with van der Waals surface area (Å²) in [6.07, 6.45) is 3.46. The fraction of sp³-hybridized carbons (Fsp3) is 0.278. The lowest BCUT2D eigenvalue weighted by molar-refractivity contribution is 0.583. The van der Waals surface area contributed by atoms with E-state index in [1.165, 1.54) is 0 Å². The Hall–Kier alpha value is -2.98. The van der Waals surface area contributed by atoms with Gasteiger partial charge >= 0.3 is 0 Å². The van der Waals surface area contributed by atoms with Crippen molar-refractivity contribution >= 4 is 21.8 Å². The lowest BCUT2D eigenvalue weighted by atomic mass is 10.3. The third kappa shape index (κ3) is 4.84. The van der Waals surface area contributed by atoms with Gasteiger partial charge in [0.15, 0.2) is 0 Å². The number of aryl methyl sites for hydroxylation is 1. The molecule has 148 valence electrons. The largest absolute Gasteiger partial charge is 0.363 e. The summed E-state index contributed by atoms with van der Waals surface area (Å²) in [5, 5.41) is 7.16. The average Bonchev–Trinajstić information content (AvgIpc) is 3.20. The molecule has 0 unspecified atom stereocenters. The molecule has 0 aliphatic rings. The Bertz CT molecular complexity index is 1020. The van der Waals surface area contributed by atoms with Crippen molar-refractivity contribution < 1.29 is 8.42 Å². The summed E-state index contributed by atoms with van der Waals surface area (Å²) in [7, 11) is 0.201. The van der Waals surface area contributed by atoms with Crippen molar-refractivity contribution in [3.8, 4) is 5.69 Å². The summed E-state index contributed by atoms with van der Waals surface area (Å²) in [5.41, 5.74) is 1.62. The molecular formula is C18H23N7O2S. The van der Waals surface area contributed by atoms with Crippen molar-refractivity contribution in [1.82, 2.24) is 24.5 Å². The van der Waals surface area contributed by atoms with E-state index in [1.807, 2.05) is 32.0 Å². The molecular weight excluding hydrogens is 378 g/mol. The van der Waals surface area contributed by atoms with Gasteiger partial charge in [0.25, 0.3) is 0 Å². The van der Waals surface area contributed by atoms with Crippen LogP contribution in [0.4, 0.5) is 11.8 Å². The molecule has 0 saturated heterocycles. The first-order valence-corrected chi connectivity index (χ1v) is 10.2. The van der Waals surface area contributed by atoms with Gasteiger partial charge in [-0.15, -0.1) is 0 Å². The zero-order chi connectivity index (χ0) is 20.1. The van der Waals surface area contributed by atoms with Crippen molar-refractivity contribution in [2.45, 2.75) is 11.8 Å². The van der Waals surface area contributed by atoms with Crippen LogP contribution in [0.1, 0.15) is 5.69 Å². The lowest BCUT2D eigenvalue weighted by Crippen LogP contribution is -2.29. The third-order valence-corrected chi connectivity index (χ3v) is 5.39. The summed E-state index contributed by atoms with van der Waals surface area (Å²) < 4.78 is 29.1. The van der Waals surface area contributed by atoms with Gasteiger partial charge in [-0.2, -0.15) is 10.1 Å². The predicted octanol–water partition coefficient (Wildman–Crippen LogP) is 1.43. The molecule has 0 spiro atoms. The molecule has 3 rings (SSSR count). The quantitative estimate of drug-likeness (QED) is 0.550. The monoisotopic (exact) mass is 401 g/mol. The maximum atomic E-state index is 12.4. The SMILES string of the molecule is Cc1cc(N(C)C)nc(NCCNS(=O)(=O)c2ccc(-n3cccn3)cc2)n1. The molecule has 0 amide bonds. The van der Waals surface area contributed by atoms with E-state index in [0.29, 0.717) is 12.5 Å². The second-order valence-electron chi connectivity index (χ2n) is 6.35. The smallest absolute Gasteiger partial charge is 0.240 e. The molecule has 1 aromatic carbocycles. The zero-order valence-corrected chi connectivity index (χ0v) is 16.8. The van der Waals surface area contributed by atoms with Gasteiger partial charge < -0.3 is 10.2 Å². The van der Waals surface area contributed by atoms with Crippen LogP contribution in [0.5, 0.6) is 0 Å². The van der Waals surface area contributed by atoms with Crippen molar-refractivity contribution in [3.63, 3.8) is 0 Å². The lowest BCUT2D eigenvalue weighted by Gasteiger charge is -2.14. The summed E-state index contributed by atoms with van der Waals surface area (Å²) >= 11 is 0. The average molecular weight is 401 g/mol. The number of nitrogens with zero attached hydrogens (tertiary/aromatic N) is 5. The molecule has 0 saturated carbocycles. The third-order valence-electron chi connectivity index (χ3n) is 3.92. The summed E-state index contributed by atoms with van der Waals surface area (Å²) in [5.74, 6) is 1.25. The number of nitrogens with one attached hydrogen (secondary N) is 2. The number of hydrogen-bond donors (Lipinski definition) is 2. The molecule has 2 aromatic heterocycles. The van der Waals surface area contributed by atoms with E-state index in [4.69, 9.17) is 0 Å². The highest BCUT2D eigenvalue weighted by Gasteiger charge is 2.13. The van der Waals surface area contributed by atoms with E-state index in [2.05, 4.69) is 25.1 Å². The first-order chi connectivity index (χ1) is 13.3. The van der Waals surface area contributed by atoms with E-state index in [-0.39, 0.29) is 11.4 Å². The Kier molecular flexibility index (Phi) is 5.90. The van der Waals surface area contributed by atoms with Gasteiger partial charge in [-0.25, -0.2) is 22.8 Å². The standard InChI is InChI=1S/C18H23N7O2S/c1-14-13-17(24(2)3)23-18(22-14)19-10-11-21-28(26,27)16-7-5-15(6-8-16)25-12-4-9-20-25/h4-9,12-13,21H,10-11H2,1-3H3,(H,19,22,23). The van der Waals surface area contributed by atoms with Crippen LogP contribution in [0, 0.1) is 6.92 Å². The van der Waals surface area contributed by atoms with Crippen molar-refractivity contribution in [2.75, 3.05) is 37.4 Å². The van der Waals surface area contributed by atoms with Crippen molar-refractivity contribution in [3.05, 3.63) is 54.5 Å². The number of hydrogen-bond acceptors (Lipinski definition) is 7. The normalized spacial score (nSPS) is 11.4. The van der Waals surface area contributed by atoms with Crippen LogP contribution < -0.4 is 14.9 Å². The predicted molar refractivity (Wildman–Crippen MR) is 108 cm³/mol. The molecule has 10 heteroatoms. The molecule has 0 bridgehead atoms. The highest BCUT2D eigenvalue weighted by atomic mass is 32.2. The highest BCUT2D eigenvalue weighted by molar-refractivity contribution is 7.89. The number of aromatic nitrogens is 4. The van der Waals surface area contributed by atoms with Crippen LogP contribution in [-0.2, 0) is 10.0 Å². The van der Waals surface area contributed by atoms with E-state index in [0.717, 1.165) is 17.2 Å².